The Balaban J connectivity index is 1.50. The zero-order chi connectivity index (χ0) is 20.9. The van der Waals surface area contributed by atoms with Crippen molar-refractivity contribution in [3.05, 3.63) is 46.6 Å². The third-order valence-corrected chi connectivity index (χ3v) is 6.87. The van der Waals surface area contributed by atoms with E-state index in [4.69, 9.17) is 4.74 Å². The molecule has 2 aromatic heterocycles. The number of likely N-dealkylation sites (tertiary alicyclic amines) is 1. The van der Waals surface area contributed by atoms with E-state index in [-0.39, 0.29) is 5.91 Å². The molecule has 0 atom stereocenters. The van der Waals surface area contributed by atoms with Gasteiger partial charge in [-0.15, -0.1) is 11.3 Å². The predicted molar refractivity (Wildman–Crippen MR) is 122 cm³/mol. The topological polar surface area (TPSA) is 67.3 Å². The average Bonchev–Trinajstić information content (AvgIpc) is 2.94. The van der Waals surface area contributed by atoms with Crippen LogP contribution in [0.25, 0.3) is 10.2 Å². The molecule has 0 saturated carbocycles. The van der Waals surface area contributed by atoms with Crippen LogP contribution >= 0.6 is 11.3 Å². The fraction of sp³-hybridized carbons (Fsp3) is 0.435. The third kappa shape index (κ3) is 4.41. The van der Waals surface area contributed by atoms with Crippen LogP contribution in [0.2, 0.25) is 0 Å². The number of nitrogens with one attached hydrogen (secondary N) is 1. The summed E-state index contributed by atoms with van der Waals surface area (Å²) in [4.78, 5) is 25.7. The first-order valence-electron chi connectivity index (χ1n) is 10.6. The van der Waals surface area contributed by atoms with Gasteiger partial charge in [0.1, 0.15) is 22.7 Å². The number of methoxy groups -OCH3 is 1. The highest BCUT2D eigenvalue weighted by Crippen LogP contribution is 2.34. The molecular weight excluding hydrogens is 396 g/mol. The Morgan fingerprint density at radius 1 is 1.13 bits per heavy atom. The number of anilines is 1. The molecule has 7 heteroatoms. The van der Waals surface area contributed by atoms with E-state index in [1.807, 2.05) is 24.0 Å². The number of rotatable bonds is 6. The van der Waals surface area contributed by atoms with Crippen molar-refractivity contribution >= 4 is 33.3 Å². The highest BCUT2D eigenvalue weighted by Gasteiger charge is 2.24. The second-order valence-corrected chi connectivity index (χ2v) is 8.69. The van der Waals surface area contributed by atoms with Gasteiger partial charge in [0.15, 0.2) is 0 Å². The van der Waals surface area contributed by atoms with Crippen LogP contribution in [0.5, 0.6) is 5.75 Å². The summed E-state index contributed by atoms with van der Waals surface area (Å²) in [6, 6.07) is 8.09. The van der Waals surface area contributed by atoms with Crippen molar-refractivity contribution in [3.8, 4) is 5.75 Å². The Hall–Kier alpha value is -2.67. The van der Waals surface area contributed by atoms with Crippen LogP contribution < -0.4 is 10.1 Å². The van der Waals surface area contributed by atoms with E-state index in [0.717, 1.165) is 71.1 Å². The summed E-state index contributed by atoms with van der Waals surface area (Å²) in [5, 5.41) is 4.41. The molecule has 30 heavy (non-hydrogen) atoms. The number of thiophene rings is 1. The maximum atomic E-state index is 13.2. The third-order valence-electron chi connectivity index (χ3n) is 5.68. The van der Waals surface area contributed by atoms with Crippen molar-refractivity contribution in [1.82, 2.24) is 14.9 Å². The lowest BCUT2D eigenvalue weighted by Crippen LogP contribution is -2.31. The number of aryl methyl sites for hydroxylation is 1. The Bertz CT molecular complexity index is 1010. The van der Waals surface area contributed by atoms with Gasteiger partial charge in [0.25, 0.3) is 5.91 Å². The van der Waals surface area contributed by atoms with Crippen LogP contribution in [-0.4, -0.2) is 47.5 Å². The number of aromatic nitrogens is 2. The molecule has 1 saturated heterocycles. The van der Waals surface area contributed by atoms with E-state index >= 15 is 0 Å². The lowest BCUT2D eigenvalue weighted by molar-refractivity contribution is 0.0766. The minimum Gasteiger partial charge on any atom is -0.497 e. The van der Waals surface area contributed by atoms with Gasteiger partial charge in [-0.25, -0.2) is 9.97 Å². The smallest absolute Gasteiger partial charge is 0.264 e. The van der Waals surface area contributed by atoms with E-state index in [1.54, 1.807) is 13.4 Å². The van der Waals surface area contributed by atoms with Crippen molar-refractivity contribution in [2.45, 2.75) is 39.0 Å². The maximum absolute atomic E-state index is 13.2. The van der Waals surface area contributed by atoms with Crippen LogP contribution in [0, 0.1) is 6.92 Å². The number of ether oxygens (including phenoxy) is 1. The van der Waals surface area contributed by atoms with E-state index in [0.29, 0.717) is 0 Å². The van der Waals surface area contributed by atoms with Gasteiger partial charge in [-0.1, -0.05) is 25.0 Å². The van der Waals surface area contributed by atoms with Gasteiger partial charge < -0.3 is 15.0 Å². The Kier molecular flexibility index (Phi) is 6.47. The number of nitrogens with zero attached hydrogens (tertiary/aromatic N) is 3. The molecule has 4 rings (SSSR count). The SMILES string of the molecule is COc1ccc(CCNc2ncnc3sc(C(=O)N4CCCCCC4)c(C)c23)cc1. The lowest BCUT2D eigenvalue weighted by Gasteiger charge is -2.19. The normalized spacial score (nSPS) is 14.5. The van der Waals surface area contributed by atoms with Crippen molar-refractivity contribution in [1.29, 1.82) is 0 Å². The summed E-state index contributed by atoms with van der Waals surface area (Å²) >= 11 is 1.48. The quantitative estimate of drug-likeness (QED) is 0.622. The van der Waals surface area contributed by atoms with Gasteiger partial charge in [-0.3, -0.25) is 4.79 Å². The van der Waals surface area contributed by atoms with Crippen LogP contribution in [0.3, 0.4) is 0 Å². The zero-order valence-electron chi connectivity index (χ0n) is 17.6. The van der Waals surface area contributed by atoms with E-state index < -0.39 is 0 Å². The standard InChI is InChI=1S/C23H28N4O2S/c1-16-19-21(24-12-11-17-7-9-18(29-2)10-8-17)25-15-26-22(19)30-20(16)23(28)27-13-5-3-4-6-14-27/h7-10,15H,3-6,11-14H2,1-2H3,(H,24,25,26). The summed E-state index contributed by atoms with van der Waals surface area (Å²) in [5.74, 6) is 1.80. The predicted octanol–water partition coefficient (Wildman–Crippen LogP) is 4.68. The minimum absolute atomic E-state index is 0.140. The number of carbonyl (C=O) groups excluding carboxylic acids is 1. The number of benzene rings is 1. The molecule has 1 amide bonds. The van der Waals surface area contributed by atoms with Gasteiger partial charge >= 0.3 is 0 Å². The average molecular weight is 425 g/mol. The number of hydrogen-bond acceptors (Lipinski definition) is 6. The minimum atomic E-state index is 0.140. The summed E-state index contributed by atoms with van der Waals surface area (Å²) in [5.41, 5.74) is 2.21. The second-order valence-electron chi connectivity index (χ2n) is 7.69. The van der Waals surface area contributed by atoms with Crippen molar-refractivity contribution in [2.75, 3.05) is 32.1 Å². The number of carbonyl (C=O) groups is 1. The van der Waals surface area contributed by atoms with Crippen molar-refractivity contribution < 1.29 is 9.53 Å². The van der Waals surface area contributed by atoms with Gasteiger partial charge in [0, 0.05) is 19.6 Å². The summed E-state index contributed by atoms with van der Waals surface area (Å²) < 4.78 is 5.21. The molecule has 0 radical (unpaired) electrons. The molecule has 0 bridgehead atoms. The molecule has 1 aromatic carbocycles. The molecule has 158 valence electrons. The molecule has 1 aliphatic rings. The summed E-state index contributed by atoms with van der Waals surface area (Å²) in [6.45, 7) is 4.47. The van der Waals surface area contributed by atoms with Gasteiger partial charge in [-0.2, -0.15) is 0 Å². The molecule has 1 N–H and O–H groups in total. The van der Waals surface area contributed by atoms with Gasteiger partial charge in [0.2, 0.25) is 0 Å². The fourth-order valence-electron chi connectivity index (χ4n) is 3.94. The zero-order valence-corrected chi connectivity index (χ0v) is 18.4. The fourth-order valence-corrected chi connectivity index (χ4v) is 5.06. The molecule has 0 aliphatic carbocycles. The van der Waals surface area contributed by atoms with Crippen molar-refractivity contribution in [2.24, 2.45) is 0 Å². The first-order valence-corrected chi connectivity index (χ1v) is 11.4. The molecule has 0 unspecified atom stereocenters. The van der Waals surface area contributed by atoms with Crippen LogP contribution in [0.1, 0.15) is 46.5 Å². The monoisotopic (exact) mass is 424 g/mol. The van der Waals surface area contributed by atoms with Crippen LogP contribution in [0.4, 0.5) is 5.82 Å². The largest absolute Gasteiger partial charge is 0.497 e. The number of amides is 1. The van der Waals surface area contributed by atoms with E-state index in [2.05, 4.69) is 27.4 Å². The molecular formula is C23H28N4O2S. The Morgan fingerprint density at radius 2 is 1.87 bits per heavy atom. The molecule has 0 spiro atoms. The molecule has 3 aromatic rings. The van der Waals surface area contributed by atoms with E-state index in [9.17, 15) is 4.79 Å². The number of fused-ring (bicyclic) bond motifs is 1. The molecule has 1 fully saturated rings. The van der Waals surface area contributed by atoms with Crippen LogP contribution in [0.15, 0.2) is 30.6 Å². The van der Waals surface area contributed by atoms with Crippen molar-refractivity contribution in [3.63, 3.8) is 0 Å². The summed E-state index contributed by atoms with van der Waals surface area (Å²) in [6.07, 6.45) is 7.06. The lowest BCUT2D eigenvalue weighted by atomic mass is 10.1. The first-order chi connectivity index (χ1) is 14.7. The van der Waals surface area contributed by atoms with Crippen LogP contribution in [-0.2, 0) is 6.42 Å². The van der Waals surface area contributed by atoms with Gasteiger partial charge in [0.05, 0.1) is 17.4 Å². The summed E-state index contributed by atoms with van der Waals surface area (Å²) in [7, 11) is 1.67. The highest BCUT2D eigenvalue weighted by atomic mass is 32.1. The van der Waals surface area contributed by atoms with Gasteiger partial charge in [-0.05, 0) is 49.4 Å². The highest BCUT2D eigenvalue weighted by molar-refractivity contribution is 7.20. The number of hydrogen-bond donors (Lipinski definition) is 1. The van der Waals surface area contributed by atoms with E-state index in [1.165, 1.54) is 29.7 Å². The Labute approximate surface area is 181 Å². The molecule has 6 nitrogen and oxygen atoms in total. The molecule has 3 heterocycles. The maximum Gasteiger partial charge on any atom is 0.264 e. The Morgan fingerprint density at radius 3 is 2.57 bits per heavy atom. The second kappa shape index (κ2) is 9.43. The first kappa shape index (κ1) is 20.6. The molecule has 1 aliphatic heterocycles.